The molecule has 36 heavy (non-hydrogen) atoms. The Morgan fingerprint density at radius 1 is 0.972 bits per heavy atom. The van der Waals surface area contributed by atoms with Crippen molar-refractivity contribution in [1.82, 2.24) is 4.90 Å². The number of amides is 3. The lowest BCUT2D eigenvalue weighted by molar-refractivity contribution is 0.0475. The van der Waals surface area contributed by atoms with Gasteiger partial charge in [0, 0.05) is 23.9 Å². The molecule has 0 aliphatic carbocycles. The Labute approximate surface area is 208 Å². The monoisotopic (exact) mass is 486 g/mol. The zero-order valence-electron chi connectivity index (χ0n) is 19.9. The fraction of sp³-hybridized carbons (Fsp3) is 0.250. The van der Waals surface area contributed by atoms with Crippen LogP contribution in [-0.2, 0) is 4.74 Å². The van der Waals surface area contributed by atoms with Gasteiger partial charge >= 0.3 is 0 Å². The molecule has 0 aromatic heterocycles. The van der Waals surface area contributed by atoms with Crippen LogP contribution in [0.25, 0.3) is 0 Å². The van der Waals surface area contributed by atoms with E-state index in [9.17, 15) is 14.4 Å². The molecule has 2 aliphatic heterocycles. The molecule has 0 radical (unpaired) electrons. The highest BCUT2D eigenvalue weighted by Crippen LogP contribution is 2.31. The molecule has 5 rings (SSSR count). The SMILES string of the molecule is CCOc1ccc(C(=O)Nc2cccc(Oc3ccc4c(c3)C(=O)N(CC3CCCO3)C4=O)c2)cc1. The largest absolute Gasteiger partial charge is 0.494 e. The number of hydrogen-bond acceptors (Lipinski definition) is 6. The van der Waals surface area contributed by atoms with Crippen LogP contribution in [-0.4, -0.2) is 48.5 Å². The number of ether oxygens (including phenoxy) is 3. The summed E-state index contributed by atoms with van der Waals surface area (Å²) in [6.45, 7) is 3.38. The summed E-state index contributed by atoms with van der Waals surface area (Å²) in [7, 11) is 0. The first-order valence-corrected chi connectivity index (χ1v) is 12.0. The van der Waals surface area contributed by atoms with Crippen LogP contribution in [0.1, 0.15) is 50.8 Å². The Bertz CT molecular complexity index is 1300. The third kappa shape index (κ3) is 4.94. The highest BCUT2D eigenvalue weighted by Gasteiger charge is 2.37. The molecule has 184 valence electrons. The van der Waals surface area contributed by atoms with Crippen LogP contribution in [0.15, 0.2) is 66.7 Å². The molecule has 1 N–H and O–H groups in total. The van der Waals surface area contributed by atoms with Gasteiger partial charge < -0.3 is 19.5 Å². The number of carbonyl (C=O) groups excluding carboxylic acids is 3. The molecule has 2 heterocycles. The number of nitrogens with zero attached hydrogens (tertiary/aromatic N) is 1. The Morgan fingerprint density at radius 2 is 1.72 bits per heavy atom. The summed E-state index contributed by atoms with van der Waals surface area (Å²) in [6, 6.07) is 18.7. The van der Waals surface area contributed by atoms with Gasteiger partial charge in [0.15, 0.2) is 0 Å². The van der Waals surface area contributed by atoms with Crippen molar-refractivity contribution in [3.05, 3.63) is 83.4 Å². The molecule has 1 saturated heterocycles. The van der Waals surface area contributed by atoms with E-state index in [1.807, 2.05) is 6.92 Å². The highest BCUT2D eigenvalue weighted by molar-refractivity contribution is 6.21. The van der Waals surface area contributed by atoms with Gasteiger partial charge in [-0.3, -0.25) is 19.3 Å². The summed E-state index contributed by atoms with van der Waals surface area (Å²) in [5, 5.41) is 2.85. The van der Waals surface area contributed by atoms with E-state index in [1.165, 1.54) is 4.90 Å². The third-order valence-corrected chi connectivity index (χ3v) is 6.11. The Morgan fingerprint density at radius 3 is 2.47 bits per heavy atom. The Balaban J connectivity index is 1.26. The molecule has 0 spiro atoms. The molecule has 3 aromatic rings. The molecule has 1 unspecified atom stereocenters. The van der Waals surface area contributed by atoms with E-state index in [1.54, 1.807) is 66.7 Å². The minimum Gasteiger partial charge on any atom is -0.494 e. The highest BCUT2D eigenvalue weighted by atomic mass is 16.5. The lowest BCUT2D eigenvalue weighted by Gasteiger charge is -2.17. The van der Waals surface area contributed by atoms with Gasteiger partial charge in [0.1, 0.15) is 17.2 Å². The number of anilines is 1. The van der Waals surface area contributed by atoms with Crippen molar-refractivity contribution in [2.45, 2.75) is 25.9 Å². The van der Waals surface area contributed by atoms with Crippen LogP contribution in [0.4, 0.5) is 5.69 Å². The summed E-state index contributed by atoms with van der Waals surface area (Å²) in [5.74, 6) is 0.691. The topological polar surface area (TPSA) is 94.2 Å². The fourth-order valence-corrected chi connectivity index (χ4v) is 4.34. The maximum absolute atomic E-state index is 12.9. The van der Waals surface area contributed by atoms with Crippen molar-refractivity contribution in [2.75, 3.05) is 25.1 Å². The lowest BCUT2D eigenvalue weighted by atomic mass is 10.1. The van der Waals surface area contributed by atoms with E-state index in [4.69, 9.17) is 14.2 Å². The van der Waals surface area contributed by atoms with E-state index in [0.29, 0.717) is 52.8 Å². The first-order chi connectivity index (χ1) is 17.5. The molecule has 8 nitrogen and oxygen atoms in total. The van der Waals surface area contributed by atoms with Gasteiger partial charge in [0.05, 0.1) is 30.4 Å². The minimum atomic E-state index is -0.340. The first-order valence-electron chi connectivity index (χ1n) is 12.0. The maximum Gasteiger partial charge on any atom is 0.261 e. The van der Waals surface area contributed by atoms with Crippen LogP contribution >= 0.6 is 0 Å². The summed E-state index contributed by atoms with van der Waals surface area (Å²) in [5.41, 5.74) is 1.73. The Kier molecular flexibility index (Phi) is 6.69. The number of nitrogens with one attached hydrogen (secondary N) is 1. The zero-order valence-corrected chi connectivity index (χ0v) is 19.9. The molecule has 3 amide bonds. The normalized spacial score (nSPS) is 16.7. The molecule has 3 aromatic carbocycles. The van der Waals surface area contributed by atoms with Crippen molar-refractivity contribution < 1.29 is 28.6 Å². The predicted octanol–water partition coefficient (Wildman–Crippen LogP) is 4.90. The molecule has 0 saturated carbocycles. The number of rotatable bonds is 8. The minimum absolute atomic E-state index is 0.108. The van der Waals surface area contributed by atoms with E-state index < -0.39 is 0 Å². The number of benzene rings is 3. The second-order valence-electron chi connectivity index (χ2n) is 8.60. The molecule has 0 bridgehead atoms. The molecule has 1 atom stereocenters. The van der Waals surface area contributed by atoms with Crippen molar-refractivity contribution in [3.8, 4) is 17.2 Å². The number of imide groups is 1. The average Bonchev–Trinajstić information content (AvgIpc) is 3.48. The van der Waals surface area contributed by atoms with Crippen molar-refractivity contribution in [2.24, 2.45) is 0 Å². The summed E-state index contributed by atoms with van der Waals surface area (Å²) < 4.78 is 17.0. The smallest absolute Gasteiger partial charge is 0.261 e. The van der Waals surface area contributed by atoms with Crippen molar-refractivity contribution >= 4 is 23.4 Å². The van der Waals surface area contributed by atoms with Crippen LogP contribution in [0, 0.1) is 0 Å². The quantitative estimate of drug-likeness (QED) is 0.455. The predicted molar refractivity (Wildman–Crippen MR) is 133 cm³/mol. The zero-order chi connectivity index (χ0) is 25.1. The van der Waals surface area contributed by atoms with E-state index in [-0.39, 0.29) is 30.4 Å². The van der Waals surface area contributed by atoms with E-state index >= 15 is 0 Å². The van der Waals surface area contributed by atoms with Crippen LogP contribution in [0.2, 0.25) is 0 Å². The number of hydrogen-bond donors (Lipinski definition) is 1. The van der Waals surface area contributed by atoms with Gasteiger partial charge in [-0.15, -0.1) is 0 Å². The van der Waals surface area contributed by atoms with Gasteiger partial charge in [-0.05, 0) is 74.4 Å². The van der Waals surface area contributed by atoms with Crippen molar-refractivity contribution in [3.63, 3.8) is 0 Å². The molecule has 8 heteroatoms. The van der Waals surface area contributed by atoms with Gasteiger partial charge in [0.2, 0.25) is 0 Å². The Hall–Kier alpha value is -4.17. The second kappa shape index (κ2) is 10.2. The van der Waals surface area contributed by atoms with Gasteiger partial charge in [-0.2, -0.15) is 0 Å². The fourth-order valence-electron chi connectivity index (χ4n) is 4.34. The second-order valence-corrected chi connectivity index (χ2v) is 8.60. The van der Waals surface area contributed by atoms with Crippen LogP contribution < -0.4 is 14.8 Å². The van der Waals surface area contributed by atoms with Gasteiger partial charge in [-0.25, -0.2) is 0 Å². The first kappa shape index (κ1) is 23.6. The van der Waals surface area contributed by atoms with E-state index in [2.05, 4.69) is 5.32 Å². The molecule has 2 aliphatic rings. The van der Waals surface area contributed by atoms with Crippen LogP contribution in [0.5, 0.6) is 17.2 Å². The van der Waals surface area contributed by atoms with E-state index in [0.717, 1.165) is 12.8 Å². The summed E-state index contributed by atoms with van der Waals surface area (Å²) in [4.78, 5) is 39.5. The molecular formula is C28H26N2O6. The van der Waals surface area contributed by atoms with Gasteiger partial charge in [0.25, 0.3) is 17.7 Å². The standard InChI is InChI=1S/C28H26N2O6/c1-2-34-20-10-8-18(9-11-20)26(31)29-19-5-3-6-21(15-19)36-22-12-13-24-25(16-22)28(33)30(27(24)32)17-23-7-4-14-35-23/h3,5-6,8-13,15-16,23H,2,4,7,14,17H2,1H3,(H,29,31). The molecule has 1 fully saturated rings. The summed E-state index contributed by atoms with van der Waals surface area (Å²) >= 11 is 0. The van der Waals surface area contributed by atoms with Crippen LogP contribution in [0.3, 0.4) is 0 Å². The number of carbonyl (C=O) groups is 3. The maximum atomic E-state index is 12.9. The van der Waals surface area contributed by atoms with Gasteiger partial charge in [-0.1, -0.05) is 6.07 Å². The lowest BCUT2D eigenvalue weighted by Crippen LogP contribution is -2.36. The molecular weight excluding hydrogens is 460 g/mol. The average molecular weight is 487 g/mol. The van der Waals surface area contributed by atoms with Crippen molar-refractivity contribution in [1.29, 1.82) is 0 Å². The summed E-state index contributed by atoms with van der Waals surface area (Å²) in [6.07, 6.45) is 1.67. The number of fused-ring (bicyclic) bond motifs is 1. The third-order valence-electron chi connectivity index (χ3n) is 6.11.